The van der Waals surface area contributed by atoms with Crippen LogP contribution < -0.4 is 5.73 Å². The van der Waals surface area contributed by atoms with Gasteiger partial charge in [-0.25, -0.2) is 14.4 Å². The van der Waals surface area contributed by atoms with E-state index in [2.05, 4.69) is 9.97 Å². The molecule has 2 N–H and O–H groups in total. The average molecular weight is 271 g/mol. The van der Waals surface area contributed by atoms with Crippen LogP contribution in [0.4, 0.5) is 4.39 Å². The number of halogens is 1. The highest BCUT2D eigenvalue weighted by molar-refractivity contribution is 5.60. The molecule has 4 heteroatoms. The first-order valence-electron chi connectivity index (χ1n) is 6.98. The van der Waals surface area contributed by atoms with Crippen molar-refractivity contribution in [2.75, 3.05) is 6.54 Å². The summed E-state index contributed by atoms with van der Waals surface area (Å²) in [5.41, 5.74) is 9.82. The van der Waals surface area contributed by atoms with Crippen LogP contribution in [0.5, 0.6) is 0 Å². The Morgan fingerprint density at radius 3 is 3.00 bits per heavy atom. The number of benzene rings is 1. The molecule has 0 amide bonds. The highest BCUT2D eigenvalue weighted by Gasteiger charge is 2.20. The lowest BCUT2D eigenvalue weighted by Crippen LogP contribution is -2.23. The highest BCUT2D eigenvalue weighted by atomic mass is 19.1. The fourth-order valence-electron chi connectivity index (χ4n) is 2.79. The van der Waals surface area contributed by atoms with Gasteiger partial charge in [0.2, 0.25) is 0 Å². The minimum absolute atomic E-state index is 0.227. The molecule has 3 nitrogen and oxygen atoms in total. The van der Waals surface area contributed by atoms with E-state index in [1.807, 2.05) is 13.1 Å². The van der Waals surface area contributed by atoms with Crippen molar-refractivity contribution >= 4 is 0 Å². The molecule has 1 aromatic heterocycles. The predicted molar refractivity (Wildman–Crippen MR) is 76.7 cm³/mol. The second kappa shape index (κ2) is 5.29. The molecule has 2 aromatic rings. The van der Waals surface area contributed by atoms with Crippen LogP contribution in [0.3, 0.4) is 0 Å². The summed E-state index contributed by atoms with van der Waals surface area (Å²) in [7, 11) is 0. The number of hydrogen-bond acceptors (Lipinski definition) is 3. The first-order valence-corrected chi connectivity index (χ1v) is 6.98. The van der Waals surface area contributed by atoms with Crippen LogP contribution in [0.2, 0.25) is 0 Å². The van der Waals surface area contributed by atoms with Crippen molar-refractivity contribution in [1.82, 2.24) is 9.97 Å². The van der Waals surface area contributed by atoms with E-state index in [0.29, 0.717) is 11.7 Å². The zero-order valence-corrected chi connectivity index (χ0v) is 11.6. The topological polar surface area (TPSA) is 51.8 Å². The Bertz CT molecular complexity index is 640. The normalized spacial score (nSPS) is 17.9. The van der Waals surface area contributed by atoms with Gasteiger partial charge in [0.25, 0.3) is 0 Å². The number of fused-ring (bicyclic) bond motifs is 1. The number of aryl methyl sites for hydroxylation is 2. The maximum absolute atomic E-state index is 13.2. The third-order valence-electron chi connectivity index (χ3n) is 4.01. The van der Waals surface area contributed by atoms with E-state index in [0.717, 1.165) is 42.6 Å². The van der Waals surface area contributed by atoms with Gasteiger partial charge in [0.15, 0.2) is 5.82 Å². The molecule has 1 atom stereocenters. The van der Waals surface area contributed by atoms with Gasteiger partial charge in [-0.3, -0.25) is 0 Å². The molecular formula is C16H18FN3. The van der Waals surface area contributed by atoms with E-state index >= 15 is 0 Å². The summed E-state index contributed by atoms with van der Waals surface area (Å²) in [5, 5.41) is 0. The zero-order valence-electron chi connectivity index (χ0n) is 11.6. The molecule has 3 rings (SSSR count). The number of nitrogens with zero attached hydrogens (tertiary/aromatic N) is 2. The summed E-state index contributed by atoms with van der Waals surface area (Å²) in [6.07, 6.45) is 4.91. The molecule has 0 saturated carbocycles. The fourth-order valence-corrected chi connectivity index (χ4v) is 2.79. The second-order valence-corrected chi connectivity index (χ2v) is 5.47. The minimum atomic E-state index is -0.227. The molecule has 0 saturated heterocycles. The van der Waals surface area contributed by atoms with Gasteiger partial charge in [-0.15, -0.1) is 0 Å². The molecule has 0 fully saturated rings. The lowest BCUT2D eigenvalue weighted by atomic mass is 9.87. The van der Waals surface area contributed by atoms with Gasteiger partial charge in [0, 0.05) is 17.5 Å². The van der Waals surface area contributed by atoms with Crippen LogP contribution >= 0.6 is 0 Å². The van der Waals surface area contributed by atoms with Crippen molar-refractivity contribution in [2.24, 2.45) is 11.7 Å². The van der Waals surface area contributed by atoms with Crippen LogP contribution in [0.15, 0.2) is 24.4 Å². The van der Waals surface area contributed by atoms with Crippen LogP contribution in [-0.2, 0) is 12.8 Å². The average Bonchev–Trinajstić information content (AvgIpc) is 2.46. The third-order valence-corrected chi connectivity index (χ3v) is 4.01. The fraction of sp³-hybridized carbons (Fsp3) is 0.375. The van der Waals surface area contributed by atoms with Crippen molar-refractivity contribution in [3.8, 4) is 11.4 Å². The Balaban J connectivity index is 1.97. The van der Waals surface area contributed by atoms with E-state index in [-0.39, 0.29) is 5.82 Å². The van der Waals surface area contributed by atoms with Crippen LogP contribution in [0, 0.1) is 18.7 Å². The first-order chi connectivity index (χ1) is 9.67. The molecular weight excluding hydrogens is 253 g/mol. The second-order valence-electron chi connectivity index (χ2n) is 5.47. The van der Waals surface area contributed by atoms with E-state index in [4.69, 9.17) is 5.73 Å². The number of hydrogen-bond donors (Lipinski definition) is 1. The number of rotatable bonds is 2. The summed E-state index contributed by atoms with van der Waals surface area (Å²) in [4.78, 5) is 9.12. The van der Waals surface area contributed by atoms with Crippen molar-refractivity contribution in [2.45, 2.75) is 26.2 Å². The Morgan fingerprint density at radius 1 is 1.40 bits per heavy atom. The van der Waals surface area contributed by atoms with Gasteiger partial charge in [-0.05, 0) is 68.0 Å². The molecule has 1 aliphatic carbocycles. The lowest BCUT2D eigenvalue weighted by molar-refractivity contribution is 0.462. The zero-order chi connectivity index (χ0) is 14.1. The summed E-state index contributed by atoms with van der Waals surface area (Å²) >= 11 is 0. The SMILES string of the molecule is Cc1cc(F)ccc1-c1ncc2c(n1)CCC(CN)C2. The molecule has 1 aliphatic rings. The molecule has 1 unspecified atom stereocenters. The smallest absolute Gasteiger partial charge is 0.159 e. The summed E-state index contributed by atoms with van der Waals surface area (Å²) in [6.45, 7) is 2.60. The summed E-state index contributed by atoms with van der Waals surface area (Å²) in [6, 6.07) is 4.72. The quantitative estimate of drug-likeness (QED) is 0.913. The van der Waals surface area contributed by atoms with Crippen molar-refractivity contribution < 1.29 is 4.39 Å². The molecule has 0 spiro atoms. The molecule has 20 heavy (non-hydrogen) atoms. The van der Waals surface area contributed by atoms with Crippen molar-refractivity contribution in [3.63, 3.8) is 0 Å². The van der Waals surface area contributed by atoms with Gasteiger partial charge in [0.05, 0.1) is 0 Å². The Kier molecular flexibility index (Phi) is 3.49. The van der Waals surface area contributed by atoms with Gasteiger partial charge >= 0.3 is 0 Å². The van der Waals surface area contributed by atoms with E-state index in [1.165, 1.54) is 17.7 Å². The molecule has 0 aliphatic heterocycles. The van der Waals surface area contributed by atoms with Crippen LogP contribution in [0.25, 0.3) is 11.4 Å². The Hall–Kier alpha value is -1.81. The van der Waals surface area contributed by atoms with E-state index in [9.17, 15) is 4.39 Å². The summed E-state index contributed by atoms with van der Waals surface area (Å²) in [5.74, 6) is 1.01. The first kappa shape index (κ1) is 13.2. The lowest BCUT2D eigenvalue weighted by Gasteiger charge is -2.22. The van der Waals surface area contributed by atoms with Gasteiger partial charge in [-0.2, -0.15) is 0 Å². The maximum atomic E-state index is 13.2. The Morgan fingerprint density at radius 2 is 2.25 bits per heavy atom. The monoisotopic (exact) mass is 271 g/mol. The van der Waals surface area contributed by atoms with E-state index < -0.39 is 0 Å². The maximum Gasteiger partial charge on any atom is 0.159 e. The Labute approximate surface area is 118 Å². The molecule has 0 radical (unpaired) electrons. The largest absolute Gasteiger partial charge is 0.330 e. The summed E-state index contributed by atoms with van der Waals surface area (Å²) < 4.78 is 13.2. The van der Waals surface area contributed by atoms with Gasteiger partial charge in [-0.1, -0.05) is 0 Å². The van der Waals surface area contributed by atoms with Crippen molar-refractivity contribution in [3.05, 3.63) is 47.0 Å². The third kappa shape index (κ3) is 2.43. The van der Waals surface area contributed by atoms with Gasteiger partial charge < -0.3 is 5.73 Å². The van der Waals surface area contributed by atoms with Crippen LogP contribution in [0.1, 0.15) is 23.2 Å². The van der Waals surface area contributed by atoms with Gasteiger partial charge in [0.1, 0.15) is 5.82 Å². The van der Waals surface area contributed by atoms with E-state index in [1.54, 1.807) is 6.07 Å². The molecule has 1 heterocycles. The van der Waals surface area contributed by atoms with Crippen molar-refractivity contribution in [1.29, 1.82) is 0 Å². The standard InChI is InChI=1S/C16H18FN3/c1-10-6-13(17)3-4-14(10)16-19-9-12-7-11(8-18)2-5-15(12)20-16/h3-4,6,9,11H,2,5,7-8,18H2,1H3. The molecule has 104 valence electrons. The number of aromatic nitrogens is 2. The molecule has 0 bridgehead atoms. The molecule has 1 aromatic carbocycles. The van der Waals surface area contributed by atoms with Crippen LogP contribution in [-0.4, -0.2) is 16.5 Å². The predicted octanol–water partition coefficient (Wildman–Crippen LogP) is 2.65. The minimum Gasteiger partial charge on any atom is -0.330 e. The number of nitrogens with two attached hydrogens (primary N) is 1. The highest BCUT2D eigenvalue weighted by Crippen LogP contribution is 2.26.